The van der Waals surface area contributed by atoms with E-state index in [9.17, 15) is 9.90 Å². The van der Waals surface area contributed by atoms with E-state index in [0.29, 0.717) is 11.4 Å². The van der Waals surface area contributed by atoms with E-state index in [2.05, 4.69) is 166 Å². The summed E-state index contributed by atoms with van der Waals surface area (Å²) in [5.41, 5.74) is 11.3. The number of hydrogen-bond acceptors (Lipinski definition) is 8. The number of carbonyl (C=O) groups is 1. The topological polar surface area (TPSA) is 91.7 Å². The SMILES string of the molecule is CI.Cc1ccc(-c2ccc(/C=C/c3ccnc(-c4cc(/C=C/c5ccc(-c6ccc(C)cc6)s5)ccn4)c3)s2)cc1.Cc1ccnc(-c2cc(C(=O)[O-])ccn2)c1.[CH3-].[CH3-].[Ru+2]. The Morgan fingerprint density at radius 1 is 0.492 bits per heavy atom. The van der Waals surface area contributed by atoms with Gasteiger partial charge in [-0.05, 0) is 138 Å². The molecule has 0 unspecified atom stereocenters. The summed E-state index contributed by atoms with van der Waals surface area (Å²) in [6, 6.07) is 40.9. The molecule has 0 aliphatic heterocycles. The first-order valence-corrected chi connectivity index (χ1v) is 22.2. The maximum absolute atomic E-state index is 10.7. The molecule has 0 bridgehead atoms. The van der Waals surface area contributed by atoms with E-state index in [1.165, 1.54) is 60.1 Å². The number of nitrogens with zero attached hydrogens (tertiary/aromatic N) is 4. The van der Waals surface area contributed by atoms with Gasteiger partial charge in [0.2, 0.25) is 0 Å². The summed E-state index contributed by atoms with van der Waals surface area (Å²) in [5.74, 6) is -1.21. The zero-order valence-electron chi connectivity index (χ0n) is 34.8. The predicted molar refractivity (Wildman–Crippen MR) is 264 cm³/mol. The van der Waals surface area contributed by atoms with Gasteiger partial charge in [0.05, 0.1) is 28.7 Å². The number of aromatic carboxylic acids is 1. The van der Waals surface area contributed by atoms with Gasteiger partial charge in [-0.3, -0.25) is 19.9 Å². The molecule has 8 rings (SSSR count). The van der Waals surface area contributed by atoms with Crippen LogP contribution >= 0.6 is 45.3 Å². The molecule has 8 aromatic rings. The van der Waals surface area contributed by atoms with Crippen LogP contribution in [0.5, 0.6) is 0 Å². The Bertz CT molecular complexity index is 2540. The number of pyridine rings is 4. The monoisotopic (exact) mass is 1040 g/mol. The Morgan fingerprint density at radius 2 is 0.885 bits per heavy atom. The fourth-order valence-electron chi connectivity index (χ4n) is 5.74. The van der Waals surface area contributed by atoms with Gasteiger partial charge in [0.25, 0.3) is 0 Å². The second-order valence-corrected chi connectivity index (χ2v) is 15.4. The van der Waals surface area contributed by atoms with Crippen molar-refractivity contribution in [1.29, 1.82) is 0 Å². The number of halogens is 1. The third-order valence-corrected chi connectivity index (χ3v) is 11.0. The van der Waals surface area contributed by atoms with Crippen molar-refractivity contribution >= 4 is 75.5 Å². The predicted octanol–water partition coefficient (Wildman–Crippen LogP) is 13.3. The summed E-state index contributed by atoms with van der Waals surface area (Å²) in [7, 11) is 0. The van der Waals surface area contributed by atoms with Crippen LogP contribution < -0.4 is 5.11 Å². The largest absolute Gasteiger partial charge is 2.00 e. The van der Waals surface area contributed by atoms with E-state index in [1.54, 1.807) is 28.9 Å². The second-order valence-electron chi connectivity index (χ2n) is 13.2. The molecule has 10 heteroatoms. The molecule has 0 atom stereocenters. The molecule has 0 saturated heterocycles. The minimum Gasteiger partial charge on any atom is -0.545 e. The normalized spacial score (nSPS) is 10.3. The van der Waals surface area contributed by atoms with Crippen LogP contribution in [0.2, 0.25) is 0 Å². The Hall–Kier alpha value is -5.26. The molecular formula is C51H46IN4O2RuS2-. The average molecular weight is 1040 g/mol. The first-order chi connectivity index (χ1) is 28.3. The third-order valence-electron chi connectivity index (χ3n) is 8.81. The van der Waals surface area contributed by atoms with Crippen molar-refractivity contribution in [2.24, 2.45) is 0 Å². The molecule has 0 aliphatic carbocycles. The number of carboxylic acids is 1. The zero-order chi connectivity index (χ0) is 40.9. The summed E-state index contributed by atoms with van der Waals surface area (Å²) >= 11 is 5.74. The Labute approximate surface area is 395 Å². The zero-order valence-corrected chi connectivity index (χ0v) is 40.3. The van der Waals surface area contributed by atoms with Gasteiger partial charge >= 0.3 is 19.5 Å². The fraction of sp³-hybridized carbons (Fsp3) is 0.0784. The third kappa shape index (κ3) is 14.4. The minimum atomic E-state index is -1.21. The average Bonchev–Trinajstić information content (AvgIpc) is 3.95. The molecule has 0 spiro atoms. The van der Waals surface area contributed by atoms with Crippen LogP contribution in [0.1, 0.15) is 47.9 Å². The summed E-state index contributed by atoms with van der Waals surface area (Å²) < 4.78 is 0. The number of hydrogen-bond donors (Lipinski definition) is 0. The molecule has 0 N–H and O–H groups in total. The summed E-state index contributed by atoms with van der Waals surface area (Å²) in [4.78, 5) is 35.1. The van der Waals surface area contributed by atoms with Gasteiger partial charge in [-0.2, -0.15) is 0 Å². The van der Waals surface area contributed by atoms with Crippen LogP contribution in [0.3, 0.4) is 0 Å². The van der Waals surface area contributed by atoms with Crippen molar-refractivity contribution in [3.8, 4) is 43.7 Å². The van der Waals surface area contributed by atoms with Crippen LogP contribution in [0.15, 0.2) is 146 Å². The van der Waals surface area contributed by atoms with Gasteiger partial charge < -0.3 is 24.8 Å². The van der Waals surface area contributed by atoms with E-state index in [-0.39, 0.29) is 39.9 Å². The van der Waals surface area contributed by atoms with Crippen LogP contribution in [-0.4, -0.2) is 30.8 Å². The van der Waals surface area contributed by atoms with Gasteiger partial charge in [0, 0.05) is 49.9 Å². The van der Waals surface area contributed by atoms with Crippen molar-refractivity contribution in [3.05, 3.63) is 204 Å². The molecule has 0 fully saturated rings. The van der Waals surface area contributed by atoms with Crippen molar-refractivity contribution in [3.63, 3.8) is 0 Å². The Kier molecular flexibility index (Phi) is 20.4. The van der Waals surface area contributed by atoms with E-state index in [1.807, 2.05) is 48.5 Å². The molecule has 6 heterocycles. The van der Waals surface area contributed by atoms with Crippen molar-refractivity contribution < 1.29 is 29.4 Å². The number of rotatable bonds is 9. The fourth-order valence-corrected chi connectivity index (χ4v) is 7.57. The van der Waals surface area contributed by atoms with Crippen molar-refractivity contribution in [2.75, 3.05) is 4.93 Å². The standard InChI is InChI=1S/C36H28N2S2.C12H10N2O2.CH3I.2CH3.Ru/c1-25-3-9-29(10-4-25)35-17-15-31(39-35)13-7-27-19-21-37-33(23-27)34-24-28(20-22-38-34)8-14-32-16-18-36(40-32)30-11-5-26(2)6-12-30;1-8-2-4-13-10(6-8)11-7-9(12(15)16)3-5-14-11;1-2;;;/h3-24H,1-2H3;2-7H,1H3,(H,15,16);1H3;2*1H3;/q;;;2*-1;+2/p-1/b13-7+,14-8+;;;;;. The molecule has 0 radical (unpaired) electrons. The summed E-state index contributed by atoms with van der Waals surface area (Å²) in [6.07, 6.45) is 15.4. The van der Waals surface area contributed by atoms with Gasteiger partial charge in [0.15, 0.2) is 0 Å². The van der Waals surface area contributed by atoms with E-state index in [0.717, 1.165) is 28.1 Å². The quantitative estimate of drug-likeness (QED) is 0.0619. The number of alkyl halides is 1. The first-order valence-electron chi connectivity index (χ1n) is 18.4. The smallest absolute Gasteiger partial charge is 0.545 e. The van der Waals surface area contributed by atoms with Crippen molar-refractivity contribution in [1.82, 2.24) is 19.9 Å². The van der Waals surface area contributed by atoms with Crippen LogP contribution in [-0.2, 0) is 19.5 Å². The molecule has 6 nitrogen and oxygen atoms in total. The van der Waals surface area contributed by atoms with Gasteiger partial charge in [-0.25, -0.2) is 0 Å². The molecule has 0 saturated carbocycles. The summed E-state index contributed by atoms with van der Waals surface area (Å²) in [5, 5.41) is 10.7. The molecule has 6 aromatic heterocycles. The van der Waals surface area contributed by atoms with Crippen LogP contribution in [0.25, 0.3) is 68.0 Å². The van der Waals surface area contributed by atoms with Gasteiger partial charge in [0.1, 0.15) is 0 Å². The van der Waals surface area contributed by atoms with Gasteiger partial charge in [-0.1, -0.05) is 94.4 Å². The maximum atomic E-state index is 10.7. The molecule has 2 aromatic carbocycles. The van der Waals surface area contributed by atoms with E-state index in [4.69, 9.17) is 0 Å². The first kappa shape index (κ1) is 50.1. The molecule has 0 aliphatic rings. The number of carboxylic acid groups (broad SMARTS) is 1. The number of benzene rings is 2. The molecule has 310 valence electrons. The summed E-state index contributed by atoms with van der Waals surface area (Å²) in [6.45, 7) is 6.17. The molecular weight excluding hydrogens is 993 g/mol. The number of thiophene rings is 2. The van der Waals surface area contributed by atoms with Gasteiger partial charge in [-0.15, -0.1) is 22.7 Å². The maximum Gasteiger partial charge on any atom is 2.00 e. The Balaban J connectivity index is 0.000000400. The second kappa shape index (κ2) is 24.9. The van der Waals surface area contributed by atoms with E-state index < -0.39 is 5.97 Å². The Morgan fingerprint density at radius 3 is 1.31 bits per heavy atom. The number of aromatic nitrogens is 4. The minimum absolute atomic E-state index is 0. The van der Waals surface area contributed by atoms with Crippen LogP contribution in [0, 0.1) is 35.6 Å². The number of aryl methyl sites for hydroxylation is 3. The van der Waals surface area contributed by atoms with Crippen LogP contribution in [0.4, 0.5) is 0 Å². The van der Waals surface area contributed by atoms with E-state index >= 15 is 0 Å². The van der Waals surface area contributed by atoms with Crippen molar-refractivity contribution in [2.45, 2.75) is 20.8 Å². The molecule has 0 amide bonds. The molecule has 61 heavy (non-hydrogen) atoms. The number of carbonyl (C=O) groups excluding carboxylic acids is 1.